The average molecular weight is 282 g/mol. The van der Waals surface area contributed by atoms with Crippen LogP contribution in [0.3, 0.4) is 0 Å². The van der Waals surface area contributed by atoms with E-state index in [4.69, 9.17) is 5.73 Å². The smallest absolute Gasteiger partial charge is 0.248 e. The summed E-state index contributed by atoms with van der Waals surface area (Å²) in [5.74, 6) is -0.390. The van der Waals surface area contributed by atoms with Crippen molar-refractivity contribution in [1.29, 1.82) is 0 Å². The van der Waals surface area contributed by atoms with Crippen molar-refractivity contribution >= 4 is 5.91 Å². The third kappa shape index (κ3) is 4.17. The van der Waals surface area contributed by atoms with Crippen molar-refractivity contribution in [2.45, 2.75) is 32.9 Å². The Morgan fingerprint density at radius 1 is 1.05 bits per heavy atom. The molecule has 1 amide bonds. The quantitative estimate of drug-likeness (QED) is 0.855. The molecule has 1 atom stereocenters. The lowest BCUT2D eigenvalue weighted by Crippen LogP contribution is -2.18. The zero-order valence-electron chi connectivity index (χ0n) is 12.6. The number of carbonyl (C=O) groups is 1. The van der Waals surface area contributed by atoms with Gasteiger partial charge in [-0.15, -0.1) is 0 Å². The second-order valence-electron chi connectivity index (χ2n) is 5.26. The highest BCUT2D eigenvalue weighted by atomic mass is 16.1. The molecule has 0 aliphatic rings. The Bertz CT molecular complexity index is 588. The van der Waals surface area contributed by atoms with Gasteiger partial charge in [0.2, 0.25) is 5.91 Å². The van der Waals surface area contributed by atoms with Crippen molar-refractivity contribution in [3.05, 3.63) is 70.8 Å². The van der Waals surface area contributed by atoms with Crippen LogP contribution in [-0.4, -0.2) is 5.91 Å². The highest BCUT2D eigenvalue weighted by Gasteiger charge is 2.05. The molecule has 0 aromatic heterocycles. The summed E-state index contributed by atoms with van der Waals surface area (Å²) in [6.07, 6.45) is 1.06. The van der Waals surface area contributed by atoms with E-state index in [1.165, 1.54) is 11.1 Å². The molecule has 0 radical (unpaired) electrons. The van der Waals surface area contributed by atoms with E-state index < -0.39 is 0 Å². The van der Waals surface area contributed by atoms with Crippen LogP contribution in [0.25, 0.3) is 0 Å². The lowest BCUT2D eigenvalue weighted by Gasteiger charge is -2.15. The number of benzene rings is 2. The first-order chi connectivity index (χ1) is 10.1. The number of hydrogen-bond donors (Lipinski definition) is 2. The van der Waals surface area contributed by atoms with Crippen LogP contribution in [0.1, 0.15) is 46.9 Å². The fourth-order valence-corrected chi connectivity index (χ4v) is 2.22. The van der Waals surface area contributed by atoms with Crippen molar-refractivity contribution in [2.24, 2.45) is 5.73 Å². The lowest BCUT2D eigenvalue weighted by molar-refractivity contribution is 0.100. The van der Waals surface area contributed by atoms with Crippen LogP contribution >= 0.6 is 0 Å². The maximum atomic E-state index is 11.0. The number of aryl methyl sites for hydroxylation is 1. The second kappa shape index (κ2) is 7.04. The van der Waals surface area contributed by atoms with Gasteiger partial charge >= 0.3 is 0 Å². The van der Waals surface area contributed by atoms with Crippen molar-refractivity contribution in [2.75, 3.05) is 0 Å². The Morgan fingerprint density at radius 3 is 2.14 bits per heavy atom. The van der Waals surface area contributed by atoms with E-state index in [0.29, 0.717) is 5.56 Å². The Kier molecular flexibility index (Phi) is 5.12. The average Bonchev–Trinajstić information content (AvgIpc) is 2.53. The molecule has 0 heterocycles. The molecule has 2 rings (SSSR count). The number of nitrogens with two attached hydrogens (primary N) is 1. The summed E-state index contributed by atoms with van der Waals surface area (Å²) in [7, 11) is 0. The molecule has 110 valence electrons. The molecule has 3 nitrogen and oxygen atoms in total. The fraction of sp³-hybridized carbons (Fsp3) is 0.278. The molecule has 0 aliphatic heterocycles. The van der Waals surface area contributed by atoms with Gasteiger partial charge in [0.1, 0.15) is 0 Å². The van der Waals surface area contributed by atoms with Gasteiger partial charge in [-0.2, -0.15) is 0 Å². The molecule has 2 aromatic carbocycles. The van der Waals surface area contributed by atoms with Crippen molar-refractivity contribution < 1.29 is 4.79 Å². The largest absolute Gasteiger partial charge is 0.366 e. The molecule has 0 unspecified atom stereocenters. The first-order valence-electron chi connectivity index (χ1n) is 7.31. The molecular formula is C18H22N2O. The number of carbonyl (C=O) groups excluding carboxylic acids is 1. The lowest BCUT2D eigenvalue weighted by atomic mass is 10.0. The molecule has 0 fully saturated rings. The maximum absolute atomic E-state index is 11.0. The predicted molar refractivity (Wildman–Crippen MR) is 86.0 cm³/mol. The van der Waals surface area contributed by atoms with E-state index in [-0.39, 0.29) is 11.9 Å². The zero-order chi connectivity index (χ0) is 15.2. The highest BCUT2D eigenvalue weighted by molar-refractivity contribution is 5.92. The van der Waals surface area contributed by atoms with Gasteiger partial charge in [0.25, 0.3) is 0 Å². The second-order valence-corrected chi connectivity index (χ2v) is 5.26. The van der Waals surface area contributed by atoms with Gasteiger partial charge in [-0.25, -0.2) is 0 Å². The van der Waals surface area contributed by atoms with Gasteiger partial charge in [0.05, 0.1) is 0 Å². The van der Waals surface area contributed by atoms with Crippen LogP contribution in [0.15, 0.2) is 48.5 Å². The van der Waals surface area contributed by atoms with Crippen molar-refractivity contribution in [3.8, 4) is 0 Å². The topological polar surface area (TPSA) is 55.1 Å². The van der Waals surface area contributed by atoms with Crippen LogP contribution in [0, 0.1) is 0 Å². The van der Waals surface area contributed by atoms with Crippen LogP contribution in [0.4, 0.5) is 0 Å². The molecule has 0 saturated heterocycles. The summed E-state index contributed by atoms with van der Waals surface area (Å²) < 4.78 is 0. The summed E-state index contributed by atoms with van der Waals surface area (Å²) in [5.41, 5.74) is 9.54. The molecular weight excluding hydrogens is 260 g/mol. The van der Waals surface area contributed by atoms with Crippen molar-refractivity contribution in [3.63, 3.8) is 0 Å². The molecule has 3 N–H and O–H groups in total. The van der Waals surface area contributed by atoms with Crippen LogP contribution in [0.5, 0.6) is 0 Å². The normalized spacial score (nSPS) is 12.1. The predicted octanol–water partition coefficient (Wildman–Crippen LogP) is 3.20. The van der Waals surface area contributed by atoms with Crippen LogP contribution in [0.2, 0.25) is 0 Å². The Morgan fingerprint density at radius 2 is 1.62 bits per heavy atom. The zero-order valence-corrected chi connectivity index (χ0v) is 12.6. The molecule has 0 aliphatic carbocycles. The number of hydrogen-bond acceptors (Lipinski definition) is 2. The summed E-state index contributed by atoms with van der Waals surface area (Å²) >= 11 is 0. The Labute approximate surface area is 126 Å². The summed E-state index contributed by atoms with van der Waals surface area (Å²) in [6, 6.07) is 16.4. The monoisotopic (exact) mass is 282 g/mol. The van der Waals surface area contributed by atoms with Gasteiger partial charge in [0, 0.05) is 18.2 Å². The van der Waals surface area contributed by atoms with Gasteiger partial charge in [0.15, 0.2) is 0 Å². The minimum atomic E-state index is -0.390. The van der Waals surface area contributed by atoms with Crippen molar-refractivity contribution in [1.82, 2.24) is 5.32 Å². The highest BCUT2D eigenvalue weighted by Crippen LogP contribution is 2.14. The molecule has 0 bridgehead atoms. The summed E-state index contributed by atoms with van der Waals surface area (Å²) in [6.45, 7) is 5.07. The summed E-state index contributed by atoms with van der Waals surface area (Å²) in [5, 5.41) is 3.49. The Balaban J connectivity index is 1.93. The van der Waals surface area contributed by atoms with Crippen LogP contribution in [-0.2, 0) is 13.0 Å². The molecule has 0 saturated carbocycles. The van der Waals surface area contributed by atoms with Gasteiger partial charge < -0.3 is 11.1 Å². The fourth-order valence-electron chi connectivity index (χ4n) is 2.22. The first-order valence-corrected chi connectivity index (χ1v) is 7.31. The minimum Gasteiger partial charge on any atom is -0.366 e. The third-order valence-electron chi connectivity index (χ3n) is 3.74. The SMILES string of the molecule is CCc1ccc([C@H](C)NCc2ccc(C(N)=O)cc2)cc1. The van der Waals surface area contributed by atoms with Gasteiger partial charge in [-0.3, -0.25) is 4.79 Å². The number of amides is 1. The maximum Gasteiger partial charge on any atom is 0.248 e. The van der Waals surface area contributed by atoms with E-state index in [9.17, 15) is 4.79 Å². The third-order valence-corrected chi connectivity index (χ3v) is 3.74. The van der Waals surface area contributed by atoms with E-state index in [0.717, 1.165) is 18.5 Å². The van der Waals surface area contributed by atoms with Gasteiger partial charge in [-0.1, -0.05) is 43.3 Å². The van der Waals surface area contributed by atoms with Crippen LogP contribution < -0.4 is 11.1 Å². The van der Waals surface area contributed by atoms with E-state index in [1.807, 2.05) is 12.1 Å². The molecule has 2 aromatic rings. The summed E-state index contributed by atoms with van der Waals surface area (Å²) in [4.78, 5) is 11.0. The number of nitrogens with one attached hydrogen (secondary N) is 1. The van der Waals surface area contributed by atoms with E-state index in [2.05, 4.69) is 43.4 Å². The first kappa shape index (κ1) is 15.3. The number of rotatable bonds is 6. The molecule has 21 heavy (non-hydrogen) atoms. The standard InChI is InChI=1S/C18H22N2O/c1-3-14-4-8-16(9-5-14)13(2)20-12-15-6-10-17(11-7-15)18(19)21/h4-11,13,20H,3,12H2,1-2H3,(H2,19,21)/t13-/m0/s1. The molecule has 3 heteroatoms. The number of primary amides is 1. The van der Waals surface area contributed by atoms with Gasteiger partial charge in [-0.05, 0) is 42.2 Å². The Hall–Kier alpha value is -2.13. The minimum absolute atomic E-state index is 0.284. The van der Waals surface area contributed by atoms with E-state index >= 15 is 0 Å². The van der Waals surface area contributed by atoms with E-state index in [1.54, 1.807) is 12.1 Å². The molecule has 0 spiro atoms.